The largest absolute Gasteiger partial charge is 0.490 e. The summed E-state index contributed by atoms with van der Waals surface area (Å²) < 4.78 is 18.9. The number of benzene rings is 2. The minimum absolute atomic E-state index is 0.0791. The second-order valence-electron chi connectivity index (χ2n) is 7.41. The summed E-state index contributed by atoms with van der Waals surface area (Å²) in [6, 6.07) is 13.8. The molecule has 0 radical (unpaired) electrons. The fourth-order valence-electron chi connectivity index (χ4n) is 3.53. The van der Waals surface area contributed by atoms with Crippen LogP contribution < -0.4 is 15.8 Å². The maximum absolute atomic E-state index is 13.3. The van der Waals surface area contributed by atoms with Crippen LogP contribution in [0.3, 0.4) is 0 Å². The average Bonchev–Trinajstić information content (AvgIpc) is 2.72. The molecule has 7 heteroatoms. The Morgan fingerprint density at radius 1 is 1.24 bits per heavy atom. The molecular weight excluding hydrogens is 373 g/mol. The number of rotatable bonds is 9. The Bertz CT molecular complexity index is 809. The molecule has 1 saturated heterocycles. The van der Waals surface area contributed by atoms with Gasteiger partial charge in [0.25, 0.3) is 5.91 Å². The van der Waals surface area contributed by atoms with E-state index >= 15 is 0 Å². The number of hydrogen-bond acceptors (Lipinski definition) is 5. The van der Waals surface area contributed by atoms with E-state index in [0.717, 1.165) is 38.0 Å². The van der Waals surface area contributed by atoms with E-state index in [1.165, 1.54) is 6.07 Å². The van der Waals surface area contributed by atoms with Crippen LogP contribution in [0.15, 0.2) is 48.5 Å². The van der Waals surface area contributed by atoms with Crippen LogP contribution >= 0.6 is 0 Å². The molecule has 0 saturated carbocycles. The molecule has 4 N–H and O–H groups in total. The lowest BCUT2D eigenvalue weighted by Gasteiger charge is -2.33. The fourth-order valence-corrected chi connectivity index (χ4v) is 3.53. The Labute approximate surface area is 170 Å². The number of nitrogens with zero attached hydrogens (tertiary/aromatic N) is 1. The number of aliphatic hydroxyl groups is 1. The molecule has 0 bridgehead atoms. The molecule has 29 heavy (non-hydrogen) atoms. The third-order valence-corrected chi connectivity index (χ3v) is 5.11. The first-order valence-corrected chi connectivity index (χ1v) is 9.91. The van der Waals surface area contributed by atoms with Crippen molar-refractivity contribution in [2.75, 3.05) is 26.2 Å². The number of aliphatic hydroxyl groups excluding tert-OH is 1. The number of carbonyl (C=O) groups is 1. The zero-order chi connectivity index (χ0) is 20.6. The van der Waals surface area contributed by atoms with Crippen LogP contribution in [0.4, 0.5) is 4.39 Å². The number of carbonyl (C=O) groups excluding carboxylic acids is 1. The predicted octanol–water partition coefficient (Wildman–Crippen LogP) is 1.92. The molecule has 1 heterocycles. The van der Waals surface area contributed by atoms with Crippen molar-refractivity contribution in [2.24, 2.45) is 5.73 Å². The van der Waals surface area contributed by atoms with Gasteiger partial charge in [0.1, 0.15) is 24.3 Å². The third kappa shape index (κ3) is 6.52. The highest BCUT2D eigenvalue weighted by Gasteiger charge is 2.20. The van der Waals surface area contributed by atoms with Crippen molar-refractivity contribution in [3.8, 4) is 5.75 Å². The van der Waals surface area contributed by atoms with E-state index in [1.807, 2.05) is 6.07 Å². The Hall–Kier alpha value is -2.48. The number of amides is 1. The van der Waals surface area contributed by atoms with Crippen molar-refractivity contribution in [1.82, 2.24) is 10.2 Å². The molecule has 2 aromatic rings. The van der Waals surface area contributed by atoms with Crippen LogP contribution in [0.2, 0.25) is 0 Å². The van der Waals surface area contributed by atoms with E-state index in [0.29, 0.717) is 23.9 Å². The summed E-state index contributed by atoms with van der Waals surface area (Å²) >= 11 is 0. The molecule has 3 rings (SSSR count). The van der Waals surface area contributed by atoms with Gasteiger partial charge in [-0.3, -0.25) is 9.69 Å². The van der Waals surface area contributed by atoms with Crippen LogP contribution in [0.5, 0.6) is 5.75 Å². The van der Waals surface area contributed by atoms with Crippen molar-refractivity contribution < 1.29 is 19.0 Å². The van der Waals surface area contributed by atoms with E-state index < -0.39 is 12.0 Å². The molecule has 1 atom stereocenters. The minimum Gasteiger partial charge on any atom is -0.490 e. The minimum atomic E-state index is -0.693. The number of halogens is 1. The standard InChI is InChI=1S/C22H28FN3O3/c23-17-5-3-4-16(12-17)14-26-10-8-18(9-11-26)25-13-19(27)15-29-21-7-2-1-6-20(21)22(24)28/h1-7,12,18-19,25,27H,8-11,13-15H2,(H2,24,28). The number of primary amides is 1. The Morgan fingerprint density at radius 2 is 2.00 bits per heavy atom. The Balaban J connectivity index is 1.36. The van der Waals surface area contributed by atoms with E-state index in [1.54, 1.807) is 36.4 Å². The van der Waals surface area contributed by atoms with E-state index in [4.69, 9.17) is 10.5 Å². The van der Waals surface area contributed by atoms with Crippen LogP contribution in [0.1, 0.15) is 28.8 Å². The lowest BCUT2D eigenvalue weighted by molar-refractivity contribution is 0.0933. The lowest BCUT2D eigenvalue weighted by Crippen LogP contribution is -2.45. The van der Waals surface area contributed by atoms with Crippen LogP contribution in [0, 0.1) is 5.82 Å². The summed E-state index contributed by atoms with van der Waals surface area (Å²) in [6.45, 7) is 3.09. The van der Waals surface area contributed by atoms with Crippen molar-refractivity contribution >= 4 is 5.91 Å². The number of para-hydroxylation sites is 1. The number of nitrogens with two attached hydrogens (primary N) is 1. The van der Waals surface area contributed by atoms with Crippen LogP contribution in [0.25, 0.3) is 0 Å². The Kier molecular flexibility index (Phi) is 7.57. The highest BCUT2D eigenvalue weighted by atomic mass is 19.1. The van der Waals surface area contributed by atoms with Gasteiger partial charge in [-0.25, -0.2) is 4.39 Å². The van der Waals surface area contributed by atoms with Gasteiger partial charge in [-0.2, -0.15) is 0 Å². The Morgan fingerprint density at radius 3 is 2.72 bits per heavy atom. The number of nitrogens with one attached hydrogen (secondary N) is 1. The summed E-state index contributed by atoms with van der Waals surface area (Å²) in [5.74, 6) is -0.378. The number of likely N-dealkylation sites (tertiary alicyclic amines) is 1. The molecule has 1 unspecified atom stereocenters. The molecule has 1 aliphatic rings. The maximum atomic E-state index is 13.3. The topological polar surface area (TPSA) is 87.8 Å². The molecule has 1 aliphatic heterocycles. The normalized spacial score (nSPS) is 16.5. The monoisotopic (exact) mass is 401 g/mol. The van der Waals surface area contributed by atoms with Gasteiger partial charge >= 0.3 is 0 Å². The maximum Gasteiger partial charge on any atom is 0.252 e. The number of hydrogen-bond donors (Lipinski definition) is 3. The predicted molar refractivity (Wildman–Crippen MR) is 109 cm³/mol. The van der Waals surface area contributed by atoms with Crippen molar-refractivity contribution in [3.63, 3.8) is 0 Å². The smallest absolute Gasteiger partial charge is 0.252 e. The molecule has 156 valence electrons. The molecule has 0 spiro atoms. The van der Waals surface area contributed by atoms with Crippen molar-refractivity contribution in [1.29, 1.82) is 0 Å². The molecule has 1 fully saturated rings. The first-order valence-electron chi connectivity index (χ1n) is 9.91. The van der Waals surface area contributed by atoms with Crippen LogP contribution in [-0.2, 0) is 6.54 Å². The molecule has 1 amide bonds. The zero-order valence-corrected chi connectivity index (χ0v) is 16.4. The highest BCUT2D eigenvalue weighted by molar-refractivity contribution is 5.95. The summed E-state index contributed by atoms with van der Waals surface area (Å²) in [5.41, 5.74) is 6.62. The number of ether oxygens (including phenoxy) is 1. The van der Waals surface area contributed by atoms with E-state index in [-0.39, 0.29) is 12.4 Å². The molecule has 0 aromatic heterocycles. The zero-order valence-electron chi connectivity index (χ0n) is 16.4. The summed E-state index contributed by atoms with van der Waals surface area (Å²) in [7, 11) is 0. The van der Waals surface area contributed by atoms with Crippen LogP contribution in [-0.4, -0.2) is 54.3 Å². The second kappa shape index (κ2) is 10.3. The average molecular weight is 401 g/mol. The first-order chi connectivity index (χ1) is 14.0. The van der Waals surface area contributed by atoms with Crippen molar-refractivity contribution in [3.05, 3.63) is 65.5 Å². The summed E-state index contributed by atoms with van der Waals surface area (Å²) in [5, 5.41) is 13.6. The summed E-state index contributed by atoms with van der Waals surface area (Å²) in [4.78, 5) is 13.7. The van der Waals surface area contributed by atoms with Crippen molar-refractivity contribution in [2.45, 2.75) is 31.5 Å². The van der Waals surface area contributed by atoms with Gasteiger partial charge < -0.3 is 20.9 Å². The number of piperidine rings is 1. The first kappa shape index (κ1) is 21.2. The molecular formula is C22H28FN3O3. The fraction of sp³-hybridized carbons (Fsp3) is 0.409. The van der Waals surface area contributed by atoms with Gasteiger partial charge in [0.15, 0.2) is 0 Å². The van der Waals surface area contributed by atoms with E-state index in [2.05, 4.69) is 10.2 Å². The molecule has 6 nitrogen and oxygen atoms in total. The van der Waals surface area contributed by atoms with Gasteiger partial charge in [0, 0.05) is 19.1 Å². The van der Waals surface area contributed by atoms with Gasteiger partial charge in [-0.1, -0.05) is 24.3 Å². The lowest BCUT2D eigenvalue weighted by atomic mass is 10.0. The van der Waals surface area contributed by atoms with Gasteiger partial charge in [-0.15, -0.1) is 0 Å². The molecule has 0 aliphatic carbocycles. The second-order valence-corrected chi connectivity index (χ2v) is 7.41. The highest BCUT2D eigenvalue weighted by Crippen LogP contribution is 2.18. The summed E-state index contributed by atoms with van der Waals surface area (Å²) in [6.07, 6.45) is 1.24. The van der Waals surface area contributed by atoms with Gasteiger partial charge in [-0.05, 0) is 55.8 Å². The van der Waals surface area contributed by atoms with E-state index in [9.17, 15) is 14.3 Å². The van der Waals surface area contributed by atoms with Gasteiger partial charge in [0.05, 0.1) is 5.56 Å². The van der Waals surface area contributed by atoms with Gasteiger partial charge in [0.2, 0.25) is 0 Å². The quantitative estimate of drug-likeness (QED) is 0.598. The SMILES string of the molecule is NC(=O)c1ccccc1OCC(O)CNC1CCN(Cc2cccc(F)c2)CC1. The third-order valence-electron chi connectivity index (χ3n) is 5.11. The molecule has 2 aromatic carbocycles.